The first-order chi connectivity index (χ1) is 15.0. The van der Waals surface area contributed by atoms with Gasteiger partial charge in [0.25, 0.3) is 5.91 Å². The highest BCUT2D eigenvalue weighted by Gasteiger charge is 2.26. The lowest BCUT2D eigenvalue weighted by Gasteiger charge is -2.30. The summed E-state index contributed by atoms with van der Waals surface area (Å²) < 4.78 is 1.13. The Bertz CT molecular complexity index is 1290. The molecular formula is C23H20N4OS3. The fraction of sp³-hybridized carbons (Fsp3) is 0.261. The molecule has 0 atom stereocenters. The van der Waals surface area contributed by atoms with Crippen LogP contribution in [0.25, 0.3) is 20.1 Å². The van der Waals surface area contributed by atoms with Crippen molar-refractivity contribution in [2.24, 2.45) is 0 Å². The van der Waals surface area contributed by atoms with Crippen molar-refractivity contribution in [3.8, 4) is 16.0 Å². The molecule has 4 heterocycles. The van der Waals surface area contributed by atoms with Crippen LogP contribution in [-0.2, 0) is 13.0 Å². The number of hydrogen-bond acceptors (Lipinski definition) is 7. The van der Waals surface area contributed by atoms with E-state index in [0.717, 1.165) is 45.2 Å². The zero-order valence-corrected chi connectivity index (χ0v) is 19.6. The number of thiophene rings is 2. The lowest BCUT2D eigenvalue weighted by atomic mass is 10.0. The average Bonchev–Trinajstić information content (AvgIpc) is 3.48. The third kappa shape index (κ3) is 3.79. The fourth-order valence-electron chi connectivity index (χ4n) is 3.79. The maximum absolute atomic E-state index is 13.0. The van der Waals surface area contributed by atoms with E-state index in [2.05, 4.69) is 41.2 Å². The summed E-state index contributed by atoms with van der Waals surface area (Å²) in [6.45, 7) is 6.15. The Morgan fingerprint density at radius 2 is 2.03 bits per heavy atom. The number of anilines is 1. The molecule has 1 N–H and O–H groups in total. The molecule has 5 nitrogen and oxygen atoms in total. The van der Waals surface area contributed by atoms with E-state index in [1.807, 2.05) is 30.3 Å². The number of amides is 1. The number of rotatable bonds is 4. The largest absolute Gasteiger partial charge is 0.312 e. The molecule has 0 fully saturated rings. The van der Waals surface area contributed by atoms with Crippen LogP contribution in [0.15, 0.2) is 36.4 Å². The normalized spacial score (nSPS) is 14.0. The van der Waals surface area contributed by atoms with Crippen LogP contribution < -0.4 is 5.32 Å². The summed E-state index contributed by atoms with van der Waals surface area (Å²) in [7, 11) is 0. The van der Waals surface area contributed by atoms with Crippen LogP contribution in [-0.4, -0.2) is 28.4 Å². The van der Waals surface area contributed by atoms with Crippen molar-refractivity contribution < 1.29 is 4.79 Å². The van der Waals surface area contributed by atoms with E-state index >= 15 is 0 Å². The highest BCUT2D eigenvalue weighted by atomic mass is 32.1. The topological polar surface area (TPSA) is 69.0 Å². The van der Waals surface area contributed by atoms with Gasteiger partial charge in [0, 0.05) is 24.0 Å². The maximum Gasteiger partial charge on any atom is 0.266 e. The van der Waals surface area contributed by atoms with Crippen LogP contribution in [0.2, 0.25) is 0 Å². The number of nitriles is 1. The number of nitrogens with one attached hydrogen (secondary N) is 1. The van der Waals surface area contributed by atoms with Gasteiger partial charge in [0.2, 0.25) is 0 Å². The van der Waals surface area contributed by atoms with E-state index in [0.29, 0.717) is 21.5 Å². The van der Waals surface area contributed by atoms with Crippen molar-refractivity contribution in [2.75, 3.05) is 11.9 Å². The third-order valence-corrected chi connectivity index (χ3v) is 8.91. The molecule has 4 aromatic rings. The van der Waals surface area contributed by atoms with Crippen LogP contribution in [0.3, 0.4) is 0 Å². The van der Waals surface area contributed by atoms with Gasteiger partial charge in [0.1, 0.15) is 16.1 Å². The van der Waals surface area contributed by atoms with Crippen molar-refractivity contribution in [1.29, 1.82) is 5.26 Å². The summed E-state index contributed by atoms with van der Waals surface area (Å²) in [5.41, 5.74) is 2.70. The molecule has 8 heteroatoms. The number of hydrogen-bond donors (Lipinski definition) is 1. The summed E-state index contributed by atoms with van der Waals surface area (Å²) in [6.07, 6.45) is 0.851. The number of carbonyl (C=O) groups excluding carboxylic acids is 1. The lowest BCUT2D eigenvalue weighted by molar-refractivity contribution is 0.103. The summed E-state index contributed by atoms with van der Waals surface area (Å²) >= 11 is 4.59. The number of fused-ring (bicyclic) bond motifs is 2. The van der Waals surface area contributed by atoms with Crippen LogP contribution in [0.1, 0.15) is 39.5 Å². The highest BCUT2D eigenvalue weighted by Crippen LogP contribution is 2.38. The first-order valence-electron chi connectivity index (χ1n) is 10.1. The SMILES string of the molecule is CC(C)N1CCc2c(sc(NC(=O)c3ccc(-c4nc5ccccc5s4)s3)c2C#N)C1. The minimum Gasteiger partial charge on any atom is -0.312 e. The van der Waals surface area contributed by atoms with Crippen LogP contribution in [0, 0.1) is 11.3 Å². The van der Waals surface area contributed by atoms with Gasteiger partial charge >= 0.3 is 0 Å². The molecule has 0 aliphatic carbocycles. The summed E-state index contributed by atoms with van der Waals surface area (Å²) in [5.74, 6) is -0.173. The van der Waals surface area contributed by atoms with Gasteiger partial charge in [-0.15, -0.1) is 34.0 Å². The molecular weight excluding hydrogens is 444 g/mol. The van der Waals surface area contributed by atoms with Crippen LogP contribution >= 0.6 is 34.0 Å². The van der Waals surface area contributed by atoms with Crippen LogP contribution in [0.5, 0.6) is 0 Å². The van der Waals surface area contributed by atoms with Gasteiger partial charge in [0.05, 0.1) is 25.5 Å². The molecule has 0 saturated heterocycles. The summed E-state index contributed by atoms with van der Waals surface area (Å²) in [6, 6.07) is 14.6. The number of aromatic nitrogens is 1. The molecule has 5 rings (SSSR count). The molecule has 3 aromatic heterocycles. The van der Waals surface area contributed by atoms with E-state index in [9.17, 15) is 10.1 Å². The Hall–Kier alpha value is -2.57. The van der Waals surface area contributed by atoms with Crippen molar-refractivity contribution in [2.45, 2.75) is 32.9 Å². The summed E-state index contributed by atoms with van der Waals surface area (Å²) in [4.78, 5) is 22.8. The van der Waals surface area contributed by atoms with Crippen LogP contribution in [0.4, 0.5) is 5.00 Å². The number of benzene rings is 1. The molecule has 1 aromatic carbocycles. The minimum absolute atomic E-state index is 0.173. The molecule has 0 radical (unpaired) electrons. The molecule has 156 valence electrons. The van der Waals surface area contributed by atoms with E-state index in [-0.39, 0.29) is 5.91 Å². The predicted molar refractivity (Wildman–Crippen MR) is 129 cm³/mol. The van der Waals surface area contributed by atoms with E-state index in [4.69, 9.17) is 0 Å². The number of para-hydroxylation sites is 1. The molecule has 1 amide bonds. The Morgan fingerprint density at radius 1 is 1.19 bits per heavy atom. The van der Waals surface area contributed by atoms with E-state index in [1.54, 1.807) is 11.3 Å². The Kier molecular flexibility index (Phi) is 5.36. The molecule has 0 bridgehead atoms. The molecule has 31 heavy (non-hydrogen) atoms. The number of nitrogens with zero attached hydrogens (tertiary/aromatic N) is 3. The Morgan fingerprint density at radius 3 is 2.81 bits per heavy atom. The second-order valence-corrected chi connectivity index (χ2v) is 11.0. The quantitative estimate of drug-likeness (QED) is 0.404. The van der Waals surface area contributed by atoms with Crippen molar-refractivity contribution in [3.63, 3.8) is 0 Å². The maximum atomic E-state index is 13.0. The smallest absolute Gasteiger partial charge is 0.266 e. The zero-order chi connectivity index (χ0) is 21.5. The standard InChI is InChI=1S/C23H20N4OS3/c1-13(2)27-10-9-14-15(11-24)22(31-20(14)12-27)26-21(28)18-7-8-19(29-18)23-25-16-5-3-4-6-17(16)30-23/h3-8,13H,9-10,12H2,1-2H3,(H,26,28). The van der Waals surface area contributed by atoms with Gasteiger partial charge in [0.15, 0.2) is 0 Å². The highest BCUT2D eigenvalue weighted by molar-refractivity contribution is 7.26. The molecule has 0 unspecified atom stereocenters. The second-order valence-electron chi connectivity index (χ2n) is 7.74. The predicted octanol–water partition coefficient (Wildman–Crippen LogP) is 5.98. The van der Waals surface area contributed by atoms with E-state index < -0.39 is 0 Å². The lowest BCUT2D eigenvalue weighted by Crippen LogP contribution is -2.35. The first-order valence-corrected chi connectivity index (χ1v) is 12.5. The zero-order valence-electron chi connectivity index (χ0n) is 17.1. The van der Waals surface area contributed by atoms with Gasteiger partial charge in [-0.1, -0.05) is 12.1 Å². The van der Waals surface area contributed by atoms with Gasteiger partial charge in [-0.05, 0) is 50.1 Å². The minimum atomic E-state index is -0.173. The third-order valence-electron chi connectivity index (χ3n) is 5.49. The second kappa shape index (κ2) is 8.17. The van der Waals surface area contributed by atoms with Crippen molar-refractivity contribution in [3.05, 3.63) is 57.3 Å². The summed E-state index contributed by atoms with van der Waals surface area (Å²) in [5, 5.41) is 14.3. The fourth-order valence-corrected chi connectivity index (χ4v) is 6.93. The number of thiazole rings is 1. The van der Waals surface area contributed by atoms with Crippen molar-refractivity contribution >= 4 is 55.1 Å². The van der Waals surface area contributed by atoms with Crippen molar-refractivity contribution in [1.82, 2.24) is 9.88 Å². The van der Waals surface area contributed by atoms with Gasteiger partial charge < -0.3 is 5.32 Å². The van der Waals surface area contributed by atoms with E-state index in [1.165, 1.54) is 27.6 Å². The number of carbonyl (C=O) groups is 1. The van der Waals surface area contributed by atoms with Gasteiger partial charge in [-0.3, -0.25) is 9.69 Å². The monoisotopic (exact) mass is 464 g/mol. The Labute approximate surface area is 192 Å². The molecule has 0 spiro atoms. The average molecular weight is 465 g/mol. The molecule has 1 aliphatic rings. The van der Waals surface area contributed by atoms with Gasteiger partial charge in [-0.2, -0.15) is 5.26 Å². The molecule has 0 saturated carbocycles. The van der Waals surface area contributed by atoms with Gasteiger partial charge in [-0.25, -0.2) is 4.98 Å². The Balaban J connectivity index is 1.38. The first kappa shape index (κ1) is 20.3. The molecule has 1 aliphatic heterocycles.